The van der Waals surface area contributed by atoms with Gasteiger partial charge in [-0.15, -0.1) is 10.2 Å². The Morgan fingerprint density at radius 2 is 2.19 bits per heavy atom. The molecule has 1 aromatic carbocycles. The lowest BCUT2D eigenvalue weighted by Gasteiger charge is -2.24. The van der Waals surface area contributed by atoms with E-state index in [1.807, 2.05) is 43.1 Å². The first-order chi connectivity index (χ1) is 9.99. The Balaban J connectivity index is 2.11. The lowest BCUT2D eigenvalue weighted by molar-refractivity contribution is -0.133. The maximum atomic E-state index is 10.6. The largest absolute Gasteiger partial charge is 0.481 e. The number of benzene rings is 1. The monoisotopic (exact) mass is 343 g/mol. The molecular formula is C13H14ClN3O2S2. The summed E-state index contributed by atoms with van der Waals surface area (Å²) in [5.41, 5.74) is 1.01. The fourth-order valence-corrected chi connectivity index (χ4v) is 3.61. The number of nitrogens with zero attached hydrogens (tertiary/aromatic N) is 3. The first kappa shape index (κ1) is 16.1. The predicted octanol–water partition coefficient (Wildman–Crippen LogP) is 3.57. The number of rotatable bonds is 6. The third-order valence-corrected chi connectivity index (χ3v) is 5.43. The number of carboxylic acids is 1. The summed E-state index contributed by atoms with van der Waals surface area (Å²) in [7, 11) is 1.92. The summed E-state index contributed by atoms with van der Waals surface area (Å²) in [6, 6.07) is 7.72. The van der Waals surface area contributed by atoms with Crippen LogP contribution in [0.2, 0.25) is 5.02 Å². The maximum Gasteiger partial charge on any atom is 0.313 e. The molecule has 1 aromatic heterocycles. The molecule has 0 saturated heterocycles. The molecule has 0 aliphatic carbocycles. The smallest absolute Gasteiger partial charge is 0.313 e. The number of carboxylic acid groups (broad SMARTS) is 1. The van der Waals surface area contributed by atoms with Gasteiger partial charge in [0, 0.05) is 12.1 Å². The van der Waals surface area contributed by atoms with Crippen molar-refractivity contribution in [2.24, 2.45) is 0 Å². The highest BCUT2D eigenvalue weighted by molar-refractivity contribution is 8.01. The van der Waals surface area contributed by atoms with E-state index in [9.17, 15) is 4.79 Å². The van der Waals surface area contributed by atoms with E-state index in [2.05, 4.69) is 10.2 Å². The van der Waals surface area contributed by atoms with E-state index in [1.54, 1.807) is 0 Å². The summed E-state index contributed by atoms with van der Waals surface area (Å²) in [5.74, 6) is -0.882. The van der Waals surface area contributed by atoms with Crippen LogP contribution in [-0.2, 0) is 4.79 Å². The minimum absolute atomic E-state index is 0.0155. The van der Waals surface area contributed by atoms with Gasteiger partial charge in [-0.2, -0.15) is 0 Å². The maximum absolute atomic E-state index is 10.6. The number of aromatic nitrogens is 2. The molecule has 2 aromatic rings. The van der Waals surface area contributed by atoms with Crippen LogP contribution in [0.15, 0.2) is 28.6 Å². The molecule has 1 atom stereocenters. The van der Waals surface area contributed by atoms with Crippen molar-refractivity contribution in [1.82, 2.24) is 10.2 Å². The van der Waals surface area contributed by atoms with Crippen molar-refractivity contribution in [1.29, 1.82) is 0 Å². The summed E-state index contributed by atoms with van der Waals surface area (Å²) in [5, 5.41) is 18.2. The molecule has 112 valence electrons. The zero-order valence-corrected chi connectivity index (χ0v) is 13.9. The molecule has 1 unspecified atom stereocenters. The summed E-state index contributed by atoms with van der Waals surface area (Å²) in [4.78, 5) is 12.5. The van der Waals surface area contributed by atoms with Gasteiger partial charge in [0.05, 0.1) is 11.8 Å². The molecule has 21 heavy (non-hydrogen) atoms. The van der Waals surface area contributed by atoms with Crippen molar-refractivity contribution in [3.05, 3.63) is 34.9 Å². The normalized spacial score (nSPS) is 12.1. The van der Waals surface area contributed by atoms with E-state index in [4.69, 9.17) is 16.7 Å². The molecule has 0 amide bonds. The Bertz CT molecular complexity index is 635. The fraction of sp³-hybridized carbons (Fsp3) is 0.308. The van der Waals surface area contributed by atoms with Gasteiger partial charge < -0.3 is 10.0 Å². The summed E-state index contributed by atoms with van der Waals surface area (Å²) in [6.45, 7) is 2.03. The third kappa shape index (κ3) is 4.09. The van der Waals surface area contributed by atoms with Gasteiger partial charge in [-0.1, -0.05) is 52.9 Å². The standard InChI is InChI=1S/C13H14ClN3O2S2/c1-8(9-5-3-4-6-10(9)14)17(2)12-15-16-13(21-12)20-7-11(18)19/h3-6,8H,7H2,1-2H3,(H,18,19). The van der Waals surface area contributed by atoms with Gasteiger partial charge in [-0.05, 0) is 18.6 Å². The van der Waals surface area contributed by atoms with Gasteiger partial charge in [0.25, 0.3) is 0 Å². The highest BCUT2D eigenvalue weighted by Gasteiger charge is 2.18. The van der Waals surface area contributed by atoms with E-state index < -0.39 is 5.97 Å². The summed E-state index contributed by atoms with van der Waals surface area (Å²) >= 11 is 8.75. The van der Waals surface area contributed by atoms with Crippen molar-refractivity contribution >= 4 is 45.8 Å². The topological polar surface area (TPSA) is 66.3 Å². The number of carbonyl (C=O) groups is 1. The second kappa shape index (κ2) is 7.11. The van der Waals surface area contributed by atoms with Crippen LogP contribution in [0.5, 0.6) is 0 Å². The SMILES string of the molecule is CC(c1ccccc1Cl)N(C)c1nnc(SCC(=O)O)s1. The van der Waals surface area contributed by atoms with Crippen LogP contribution in [0.3, 0.4) is 0 Å². The lowest BCUT2D eigenvalue weighted by Crippen LogP contribution is -2.21. The van der Waals surface area contributed by atoms with Crippen LogP contribution < -0.4 is 4.90 Å². The Morgan fingerprint density at radius 1 is 1.48 bits per heavy atom. The van der Waals surface area contributed by atoms with Gasteiger partial charge in [0.1, 0.15) is 0 Å². The van der Waals surface area contributed by atoms with Crippen molar-refractivity contribution < 1.29 is 9.90 Å². The first-order valence-electron chi connectivity index (χ1n) is 6.14. The van der Waals surface area contributed by atoms with Crippen LogP contribution in [-0.4, -0.2) is 34.1 Å². The molecule has 8 heteroatoms. The second-order valence-corrected chi connectivity index (χ2v) is 6.93. The molecule has 0 aliphatic rings. The predicted molar refractivity (Wildman–Crippen MR) is 86.5 cm³/mol. The van der Waals surface area contributed by atoms with Crippen molar-refractivity contribution in [2.75, 3.05) is 17.7 Å². The van der Waals surface area contributed by atoms with Gasteiger partial charge in [-0.25, -0.2) is 0 Å². The Hall–Kier alpha value is -1.31. The quantitative estimate of drug-likeness (QED) is 0.809. The average Bonchev–Trinajstić information content (AvgIpc) is 2.93. The number of aliphatic carboxylic acids is 1. The van der Waals surface area contributed by atoms with Gasteiger partial charge >= 0.3 is 5.97 Å². The molecule has 0 radical (unpaired) electrons. The molecule has 5 nitrogen and oxygen atoms in total. The molecule has 1 N–H and O–H groups in total. The third-order valence-electron chi connectivity index (χ3n) is 2.95. The van der Waals surface area contributed by atoms with E-state index in [0.717, 1.165) is 10.7 Å². The Labute approximate surface area is 136 Å². The van der Waals surface area contributed by atoms with Gasteiger partial charge in [0.15, 0.2) is 4.34 Å². The van der Waals surface area contributed by atoms with Crippen LogP contribution in [0.25, 0.3) is 0 Å². The summed E-state index contributed by atoms with van der Waals surface area (Å²) < 4.78 is 0.644. The zero-order valence-electron chi connectivity index (χ0n) is 11.5. The fourth-order valence-electron chi connectivity index (χ4n) is 1.72. The van der Waals surface area contributed by atoms with Crippen LogP contribution in [0, 0.1) is 0 Å². The van der Waals surface area contributed by atoms with Crippen LogP contribution >= 0.6 is 34.7 Å². The number of hydrogen-bond acceptors (Lipinski definition) is 6. The lowest BCUT2D eigenvalue weighted by atomic mass is 10.1. The van der Waals surface area contributed by atoms with Gasteiger partial charge in [0.2, 0.25) is 5.13 Å². The average molecular weight is 344 g/mol. The first-order valence-corrected chi connectivity index (χ1v) is 8.32. The second-order valence-electron chi connectivity index (χ2n) is 4.34. The highest BCUT2D eigenvalue weighted by Crippen LogP contribution is 2.33. The van der Waals surface area contributed by atoms with E-state index in [-0.39, 0.29) is 11.8 Å². The molecule has 0 fully saturated rings. The molecule has 2 rings (SSSR count). The molecule has 0 spiro atoms. The summed E-state index contributed by atoms with van der Waals surface area (Å²) in [6.07, 6.45) is 0. The Morgan fingerprint density at radius 3 is 2.86 bits per heavy atom. The van der Waals surface area contributed by atoms with E-state index in [0.29, 0.717) is 9.36 Å². The number of hydrogen-bond donors (Lipinski definition) is 1. The number of anilines is 1. The van der Waals surface area contributed by atoms with Crippen LogP contribution in [0.1, 0.15) is 18.5 Å². The number of thioether (sulfide) groups is 1. The molecule has 0 aliphatic heterocycles. The van der Waals surface area contributed by atoms with Crippen molar-refractivity contribution in [3.8, 4) is 0 Å². The molecular weight excluding hydrogens is 330 g/mol. The minimum Gasteiger partial charge on any atom is -0.481 e. The van der Waals surface area contributed by atoms with Crippen molar-refractivity contribution in [3.63, 3.8) is 0 Å². The minimum atomic E-state index is -0.866. The van der Waals surface area contributed by atoms with E-state index >= 15 is 0 Å². The molecule has 1 heterocycles. The van der Waals surface area contributed by atoms with Crippen molar-refractivity contribution in [2.45, 2.75) is 17.3 Å². The van der Waals surface area contributed by atoms with Crippen LogP contribution in [0.4, 0.5) is 5.13 Å². The molecule has 0 saturated carbocycles. The number of halogens is 1. The molecule has 0 bridgehead atoms. The highest BCUT2D eigenvalue weighted by atomic mass is 35.5. The van der Waals surface area contributed by atoms with E-state index in [1.165, 1.54) is 23.1 Å². The Kier molecular flexibility index (Phi) is 5.44. The van der Waals surface area contributed by atoms with Gasteiger partial charge in [-0.3, -0.25) is 4.79 Å². The zero-order chi connectivity index (χ0) is 15.4.